The van der Waals surface area contributed by atoms with Crippen LogP contribution in [-0.4, -0.2) is 16.5 Å². The number of fused-ring (bicyclic) bond motifs is 4. The van der Waals surface area contributed by atoms with E-state index in [1.165, 1.54) is 11.1 Å². The van der Waals surface area contributed by atoms with Gasteiger partial charge in [0.2, 0.25) is 0 Å². The van der Waals surface area contributed by atoms with Gasteiger partial charge >= 0.3 is 0 Å². The van der Waals surface area contributed by atoms with Gasteiger partial charge in [-0.25, -0.2) is 0 Å². The fourth-order valence-corrected chi connectivity index (χ4v) is 6.06. The van der Waals surface area contributed by atoms with Crippen LogP contribution in [0, 0.1) is 28.6 Å². The average Bonchev–Trinajstić information content (AvgIpc) is 2.79. The topological polar surface area (TPSA) is 61.1 Å². The highest BCUT2D eigenvalue weighted by Gasteiger charge is 2.60. The van der Waals surface area contributed by atoms with Crippen LogP contribution in [0.2, 0.25) is 0 Å². The molecule has 4 aliphatic carbocycles. The number of ketones is 1. The van der Waals surface area contributed by atoms with Crippen molar-refractivity contribution in [1.29, 1.82) is 5.26 Å². The van der Waals surface area contributed by atoms with E-state index in [-0.39, 0.29) is 17.6 Å². The lowest BCUT2D eigenvalue weighted by Gasteiger charge is -2.51. The number of carbonyl (C=O) groups excluding carboxylic acids is 1. The van der Waals surface area contributed by atoms with Crippen molar-refractivity contribution in [2.24, 2.45) is 17.3 Å². The van der Waals surface area contributed by atoms with Crippen molar-refractivity contribution in [1.82, 2.24) is 0 Å². The summed E-state index contributed by atoms with van der Waals surface area (Å²) in [6.07, 6.45) is 9.67. The first-order valence-electron chi connectivity index (χ1n) is 9.03. The van der Waals surface area contributed by atoms with Crippen LogP contribution in [0.15, 0.2) is 22.8 Å². The zero-order chi connectivity index (χ0) is 16.2. The maximum absolute atomic E-state index is 11.7. The lowest BCUT2D eigenvalue weighted by atomic mass is 9.54. The Bertz CT molecular complexity index is 668. The lowest BCUT2D eigenvalue weighted by molar-refractivity contribution is -0.114. The molecule has 1 N–H and O–H groups in total. The Hall–Kier alpha value is -1.40. The van der Waals surface area contributed by atoms with Gasteiger partial charge in [-0.15, -0.1) is 0 Å². The molecular formula is C20H25NO2. The summed E-state index contributed by atoms with van der Waals surface area (Å²) < 4.78 is 0. The Balaban J connectivity index is 1.72. The second kappa shape index (κ2) is 5.05. The summed E-state index contributed by atoms with van der Waals surface area (Å²) in [5.41, 5.74) is 3.42. The molecule has 0 saturated heterocycles. The van der Waals surface area contributed by atoms with E-state index in [4.69, 9.17) is 5.26 Å². The van der Waals surface area contributed by atoms with Crippen molar-refractivity contribution in [3.05, 3.63) is 22.8 Å². The average molecular weight is 311 g/mol. The highest BCUT2D eigenvalue weighted by Crippen LogP contribution is 2.64. The first kappa shape index (κ1) is 15.1. The van der Waals surface area contributed by atoms with Crippen LogP contribution < -0.4 is 0 Å². The van der Waals surface area contributed by atoms with E-state index in [1.54, 1.807) is 5.57 Å². The molecule has 4 atom stereocenters. The quantitative estimate of drug-likeness (QED) is 0.800. The molecule has 0 aliphatic heterocycles. The third-order valence-corrected chi connectivity index (χ3v) is 7.43. The van der Waals surface area contributed by atoms with Gasteiger partial charge in [-0.3, -0.25) is 4.79 Å². The van der Waals surface area contributed by atoms with Gasteiger partial charge in [-0.1, -0.05) is 12.5 Å². The van der Waals surface area contributed by atoms with E-state index in [0.29, 0.717) is 18.3 Å². The fraction of sp³-hybridized carbons (Fsp3) is 0.700. The molecular weight excluding hydrogens is 286 g/mol. The first-order chi connectivity index (χ1) is 11.0. The molecule has 0 bridgehead atoms. The third kappa shape index (κ3) is 2.01. The van der Waals surface area contributed by atoms with Gasteiger partial charge in [0.05, 0.1) is 18.1 Å². The van der Waals surface area contributed by atoms with Gasteiger partial charge in [0, 0.05) is 11.8 Å². The van der Waals surface area contributed by atoms with Crippen LogP contribution in [0.4, 0.5) is 0 Å². The van der Waals surface area contributed by atoms with Crippen LogP contribution in [-0.2, 0) is 4.79 Å². The molecule has 2 fully saturated rings. The van der Waals surface area contributed by atoms with Gasteiger partial charge in [0.25, 0.3) is 0 Å². The number of allylic oxidation sites excluding steroid dienone is 4. The number of hydrogen-bond donors (Lipinski definition) is 1. The summed E-state index contributed by atoms with van der Waals surface area (Å²) in [5, 5.41) is 20.3. The van der Waals surface area contributed by atoms with E-state index in [0.717, 1.165) is 44.9 Å². The molecule has 0 aromatic heterocycles. The Labute approximate surface area is 138 Å². The first-order valence-corrected chi connectivity index (χ1v) is 9.03. The van der Waals surface area contributed by atoms with Crippen molar-refractivity contribution in [3.8, 4) is 6.07 Å². The van der Waals surface area contributed by atoms with E-state index in [1.807, 2.05) is 6.08 Å². The summed E-state index contributed by atoms with van der Waals surface area (Å²) >= 11 is 0. The zero-order valence-corrected chi connectivity index (χ0v) is 13.9. The molecule has 3 nitrogen and oxygen atoms in total. The Morgan fingerprint density at radius 2 is 2.09 bits per heavy atom. The standard InChI is InChI=1S/C20H25NO2/c1-19-8-6-16-15-5-3-14(22)12-13(15)2-4-17(16)18(19)7-9-20(19,23)10-11-21/h12,17-18,23H,2-10H2,1H3/t17-,18-,19-,20+/m0/s1. The second-order valence-corrected chi connectivity index (χ2v) is 8.21. The van der Waals surface area contributed by atoms with Crippen molar-refractivity contribution in [2.45, 2.75) is 70.3 Å². The number of carbonyl (C=O) groups is 1. The number of nitrogens with zero attached hydrogens (tertiary/aromatic N) is 1. The Morgan fingerprint density at radius 1 is 1.26 bits per heavy atom. The maximum atomic E-state index is 11.7. The van der Waals surface area contributed by atoms with Crippen LogP contribution in [0.1, 0.15) is 64.7 Å². The molecule has 3 heteroatoms. The summed E-state index contributed by atoms with van der Waals surface area (Å²) in [4.78, 5) is 11.7. The highest BCUT2D eigenvalue weighted by molar-refractivity contribution is 5.93. The molecule has 0 amide bonds. The summed E-state index contributed by atoms with van der Waals surface area (Å²) in [6.45, 7) is 2.22. The molecule has 0 unspecified atom stereocenters. The van der Waals surface area contributed by atoms with Crippen molar-refractivity contribution < 1.29 is 9.90 Å². The smallest absolute Gasteiger partial charge is 0.156 e. The van der Waals surface area contributed by atoms with Crippen LogP contribution in [0.5, 0.6) is 0 Å². The monoisotopic (exact) mass is 311 g/mol. The molecule has 0 spiro atoms. The van der Waals surface area contributed by atoms with E-state index in [2.05, 4.69) is 13.0 Å². The molecule has 2 saturated carbocycles. The van der Waals surface area contributed by atoms with Gasteiger partial charge in [-0.05, 0) is 74.0 Å². The summed E-state index contributed by atoms with van der Waals surface area (Å²) in [6, 6.07) is 2.22. The summed E-state index contributed by atoms with van der Waals surface area (Å²) in [7, 11) is 0. The summed E-state index contributed by atoms with van der Waals surface area (Å²) in [5.74, 6) is 1.34. The molecule has 0 aromatic rings. The number of nitriles is 1. The van der Waals surface area contributed by atoms with E-state index < -0.39 is 5.60 Å². The Kier molecular flexibility index (Phi) is 3.32. The predicted octanol–water partition coefficient (Wildman–Crippen LogP) is 3.84. The molecule has 23 heavy (non-hydrogen) atoms. The fourth-order valence-electron chi connectivity index (χ4n) is 6.06. The minimum absolute atomic E-state index is 0.122. The van der Waals surface area contributed by atoms with E-state index in [9.17, 15) is 9.90 Å². The predicted molar refractivity (Wildman–Crippen MR) is 87.3 cm³/mol. The maximum Gasteiger partial charge on any atom is 0.156 e. The zero-order valence-electron chi connectivity index (χ0n) is 13.9. The van der Waals surface area contributed by atoms with E-state index >= 15 is 0 Å². The normalized spacial score (nSPS) is 42.5. The van der Waals surface area contributed by atoms with Crippen LogP contribution in [0.25, 0.3) is 0 Å². The molecule has 0 heterocycles. The minimum Gasteiger partial charge on any atom is -0.388 e. The lowest BCUT2D eigenvalue weighted by Crippen LogP contribution is -2.49. The number of aliphatic hydroxyl groups is 1. The van der Waals surface area contributed by atoms with Crippen molar-refractivity contribution in [2.75, 3.05) is 0 Å². The van der Waals surface area contributed by atoms with Gasteiger partial charge < -0.3 is 5.11 Å². The molecule has 122 valence electrons. The molecule has 0 aromatic carbocycles. The Morgan fingerprint density at radius 3 is 2.87 bits per heavy atom. The van der Waals surface area contributed by atoms with Crippen molar-refractivity contribution >= 4 is 5.78 Å². The molecule has 4 aliphatic rings. The number of rotatable bonds is 1. The second-order valence-electron chi connectivity index (χ2n) is 8.21. The van der Waals surface area contributed by atoms with Gasteiger partial charge in [0.15, 0.2) is 5.78 Å². The largest absolute Gasteiger partial charge is 0.388 e. The van der Waals surface area contributed by atoms with Crippen molar-refractivity contribution in [3.63, 3.8) is 0 Å². The van der Waals surface area contributed by atoms with Gasteiger partial charge in [-0.2, -0.15) is 5.26 Å². The minimum atomic E-state index is -0.804. The highest BCUT2D eigenvalue weighted by atomic mass is 16.3. The molecule has 0 radical (unpaired) electrons. The molecule has 4 rings (SSSR count). The van der Waals surface area contributed by atoms with Crippen LogP contribution >= 0.6 is 0 Å². The van der Waals surface area contributed by atoms with Crippen LogP contribution in [0.3, 0.4) is 0 Å². The third-order valence-electron chi connectivity index (χ3n) is 7.43. The SMILES string of the molecule is C[C@]12CCC3=C4CCC(=O)C=C4CC[C@@H]3[C@@H]1CC[C@@]2(O)CC#N. The van der Waals surface area contributed by atoms with Gasteiger partial charge in [0.1, 0.15) is 0 Å². The number of hydrogen-bond acceptors (Lipinski definition) is 3.